The van der Waals surface area contributed by atoms with Crippen LogP contribution in [0.5, 0.6) is 0 Å². The van der Waals surface area contributed by atoms with E-state index in [9.17, 15) is 4.21 Å². The molecule has 0 saturated carbocycles. The van der Waals surface area contributed by atoms with Crippen LogP contribution in [0, 0.1) is 5.92 Å². The molecule has 78 valence electrons. The molecule has 0 aromatic carbocycles. The Morgan fingerprint density at radius 1 is 1.36 bits per heavy atom. The second-order valence-electron chi connectivity index (χ2n) is 4.25. The fourth-order valence-electron chi connectivity index (χ4n) is 2.64. The van der Waals surface area contributed by atoms with E-state index in [0.717, 1.165) is 25.7 Å². The molecule has 2 unspecified atom stereocenters. The van der Waals surface area contributed by atoms with E-state index < -0.39 is 10.8 Å². The molecule has 5 heteroatoms. The first-order valence-electron chi connectivity index (χ1n) is 5.21. The van der Waals surface area contributed by atoms with Crippen LogP contribution in [0.1, 0.15) is 32.1 Å². The van der Waals surface area contributed by atoms with Crippen LogP contribution >= 0.6 is 0 Å². The second-order valence-corrected chi connectivity index (χ2v) is 6.24. The fraction of sp³-hybridized carbons (Fsp3) is 1.00. The molecule has 0 amide bonds. The zero-order valence-corrected chi connectivity index (χ0v) is 8.95. The smallest absolute Gasteiger partial charge is 0.0353 e. The van der Waals surface area contributed by atoms with E-state index in [1.807, 2.05) is 0 Å². The van der Waals surface area contributed by atoms with E-state index in [0.29, 0.717) is 23.0 Å². The van der Waals surface area contributed by atoms with Crippen LogP contribution < -0.4 is 0 Å². The van der Waals surface area contributed by atoms with Gasteiger partial charge in [-0.2, -0.15) is 0 Å². The van der Waals surface area contributed by atoms with Gasteiger partial charge in [-0.3, -0.25) is 4.21 Å². The molecule has 2 aliphatic heterocycles. The highest BCUT2D eigenvalue weighted by Gasteiger charge is 2.37. The van der Waals surface area contributed by atoms with Gasteiger partial charge >= 0.3 is 0 Å². The maximum atomic E-state index is 11.8. The molecule has 0 aromatic rings. The summed E-state index contributed by atoms with van der Waals surface area (Å²) in [5, 5.41) is 4.41. The van der Waals surface area contributed by atoms with Crippen LogP contribution in [-0.2, 0) is 10.8 Å². The van der Waals surface area contributed by atoms with E-state index in [-0.39, 0.29) is 0 Å². The molecular weight excluding hydrogens is 198 g/mol. The minimum atomic E-state index is -0.597. The van der Waals surface area contributed by atoms with E-state index in [2.05, 4.69) is 10.0 Å². The average molecular weight is 213 g/mol. The molecule has 2 aliphatic rings. The van der Waals surface area contributed by atoms with Gasteiger partial charge < -0.3 is 0 Å². The number of hydrogen-bond donors (Lipinski definition) is 0. The minimum Gasteiger partial charge on any atom is -0.259 e. The summed E-state index contributed by atoms with van der Waals surface area (Å²) < 4.78 is 11.8. The van der Waals surface area contributed by atoms with Crippen molar-refractivity contribution in [1.82, 2.24) is 0 Å². The Kier molecular flexibility index (Phi) is 3.08. The molecule has 0 radical (unpaired) electrons. The van der Waals surface area contributed by atoms with Gasteiger partial charge in [0.25, 0.3) is 0 Å². The highest BCUT2D eigenvalue weighted by molar-refractivity contribution is 7.86. The van der Waals surface area contributed by atoms with Crippen LogP contribution in [0.25, 0.3) is 10.4 Å². The molecule has 0 aromatic heterocycles. The topological polar surface area (TPSA) is 65.8 Å². The summed E-state index contributed by atoms with van der Waals surface area (Å²) in [6.45, 7) is 0.598. The minimum absolute atomic E-state index is 0.390. The number of nitrogens with zero attached hydrogens (tertiary/aromatic N) is 3. The van der Waals surface area contributed by atoms with Crippen molar-refractivity contribution in [3.05, 3.63) is 10.4 Å². The molecule has 2 rings (SSSR count). The molecule has 0 spiro atoms. The SMILES string of the molecule is [N-]=[N+]=NCC1CC2CCCC(C1)S2=O. The lowest BCUT2D eigenvalue weighted by atomic mass is 9.90. The number of hydrogen-bond acceptors (Lipinski definition) is 2. The van der Waals surface area contributed by atoms with Crippen molar-refractivity contribution in [2.45, 2.75) is 42.6 Å². The Hall–Kier alpha value is -0.540. The Balaban J connectivity index is 2.00. The van der Waals surface area contributed by atoms with Gasteiger partial charge in [-0.25, -0.2) is 0 Å². The fourth-order valence-corrected chi connectivity index (χ4v) is 4.91. The molecule has 4 nitrogen and oxygen atoms in total. The van der Waals surface area contributed by atoms with Crippen LogP contribution in [0.2, 0.25) is 0 Å². The third kappa shape index (κ3) is 1.93. The predicted molar refractivity (Wildman–Crippen MR) is 56.3 cm³/mol. The van der Waals surface area contributed by atoms with Crippen LogP contribution in [0.4, 0.5) is 0 Å². The van der Waals surface area contributed by atoms with Gasteiger partial charge in [0.15, 0.2) is 0 Å². The highest BCUT2D eigenvalue weighted by Crippen LogP contribution is 2.36. The first kappa shape index (κ1) is 9.99. The predicted octanol–water partition coefficient (Wildman–Crippen LogP) is 2.38. The Bertz CT molecular complexity index is 272. The normalized spacial score (nSPS) is 41.4. The first-order chi connectivity index (χ1) is 6.81. The number of rotatable bonds is 2. The molecule has 2 atom stereocenters. The number of fused-ring (bicyclic) bond motifs is 2. The summed E-state index contributed by atoms with van der Waals surface area (Å²) >= 11 is 0. The van der Waals surface area contributed by atoms with E-state index in [1.165, 1.54) is 6.42 Å². The molecule has 0 N–H and O–H groups in total. The van der Waals surface area contributed by atoms with Gasteiger partial charge in [0.2, 0.25) is 0 Å². The lowest BCUT2D eigenvalue weighted by molar-refractivity contribution is 0.363. The van der Waals surface area contributed by atoms with E-state index in [1.54, 1.807) is 0 Å². The molecule has 14 heavy (non-hydrogen) atoms. The second kappa shape index (κ2) is 4.32. The maximum Gasteiger partial charge on any atom is 0.0353 e. The quantitative estimate of drug-likeness (QED) is 0.394. The molecule has 2 bridgehead atoms. The molecular formula is C9H15N3OS. The van der Waals surface area contributed by atoms with Gasteiger partial charge in [0.05, 0.1) is 0 Å². The van der Waals surface area contributed by atoms with Crippen molar-refractivity contribution in [2.24, 2.45) is 11.0 Å². The van der Waals surface area contributed by atoms with Crippen molar-refractivity contribution in [2.75, 3.05) is 6.54 Å². The van der Waals surface area contributed by atoms with Gasteiger partial charge in [-0.1, -0.05) is 11.5 Å². The Morgan fingerprint density at radius 2 is 2.00 bits per heavy atom. The Morgan fingerprint density at radius 3 is 2.57 bits per heavy atom. The third-order valence-electron chi connectivity index (χ3n) is 3.30. The lowest BCUT2D eigenvalue weighted by Crippen LogP contribution is -2.39. The Labute approximate surface area is 86.2 Å². The largest absolute Gasteiger partial charge is 0.259 e. The lowest BCUT2D eigenvalue weighted by Gasteiger charge is -2.37. The van der Waals surface area contributed by atoms with Gasteiger partial charge in [0.1, 0.15) is 0 Å². The average Bonchev–Trinajstić information content (AvgIpc) is 2.15. The molecule has 0 aliphatic carbocycles. The van der Waals surface area contributed by atoms with Crippen molar-refractivity contribution in [3.8, 4) is 0 Å². The van der Waals surface area contributed by atoms with Gasteiger partial charge in [0, 0.05) is 32.8 Å². The molecule has 2 heterocycles. The third-order valence-corrected chi connectivity index (χ3v) is 5.48. The van der Waals surface area contributed by atoms with Crippen LogP contribution in [0.15, 0.2) is 5.11 Å². The summed E-state index contributed by atoms with van der Waals surface area (Å²) in [6.07, 6.45) is 5.45. The zero-order valence-electron chi connectivity index (χ0n) is 8.13. The first-order valence-corrected chi connectivity index (χ1v) is 6.49. The zero-order chi connectivity index (χ0) is 9.97. The van der Waals surface area contributed by atoms with E-state index >= 15 is 0 Å². The molecule has 2 fully saturated rings. The van der Waals surface area contributed by atoms with Crippen molar-refractivity contribution in [3.63, 3.8) is 0 Å². The monoisotopic (exact) mass is 213 g/mol. The summed E-state index contributed by atoms with van der Waals surface area (Å²) in [5.74, 6) is 0.485. The van der Waals surface area contributed by atoms with E-state index in [4.69, 9.17) is 5.53 Å². The van der Waals surface area contributed by atoms with Crippen molar-refractivity contribution >= 4 is 10.8 Å². The maximum absolute atomic E-state index is 11.8. The summed E-state index contributed by atoms with van der Waals surface area (Å²) in [6, 6.07) is 0. The van der Waals surface area contributed by atoms with Crippen molar-refractivity contribution in [1.29, 1.82) is 0 Å². The molecule has 2 saturated heterocycles. The standard InChI is InChI=1S/C9H15N3OS/c10-12-11-6-7-4-8-2-1-3-9(5-7)14(8)13/h7-9H,1-6H2. The van der Waals surface area contributed by atoms with Crippen LogP contribution in [-0.4, -0.2) is 21.3 Å². The van der Waals surface area contributed by atoms with Crippen LogP contribution in [0.3, 0.4) is 0 Å². The van der Waals surface area contributed by atoms with Gasteiger partial charge in [-0.15, -0.1) is 0 Å². The summed E-state index contributed by atoms with van der Waals surface area (Å²) in [7, 11) is -0.597. The summed E-state index contributed by atoms with van der Waals surface area (Å²) in [4.78, 5) is 2.79. The van der Waals surface area contributed by atoms with Crippen molar-refractivity contribution < 1.29 is 4.21 Å². The van der Waals surface area contributed by atoms with Gasteiger partial charge in [-0.05, 0) is 37.1 Å². The number of azide groups is 1. The summed E-state index contributed by atoms with van der Waals surface area (Å²) in [5.41, 5.74) is 8.25. The highest BCUT2D eigenvalue weighted by atomic mass is 32.2.